The number of carboxylic acid groups (broad SMARTS) is 1. The lowest BCUT2D eigenvalue weighted by Crippen LogP contribution is -2.40. The monoisotopic (exact) mass is 264 g/mol. The van der Waals surface area contributed by atoms with Crippen molar-refractivity contribution >= 4 is 11.9 Å². The molecule has 1 atom stereocenters. The van der Waals surface area contributed by atoms with Gasteiger partial charge in [0.05, 0.1) is 19.1 Å². The second-order valence-electron chi connectivity index (χ2n) is 4.40. The van der Waals surface area contributed by atoms with Crippen molar-refractivity contribution in [2.45, 2.75) is 19.9 Å². The molecule has 2 N–H and O–H groups in total. The normalized spacial score (nSPS) is 12.2. The summed E-state index contributed by atoms with van der Waals surface area (Å²) >= 11 is 0. The number of nitrogens with zero attached hydrogens (tertiary/aromatic N) is 1. The van der Waals surface area contributed by atoms with Gasteiger partial charge in [-0.25, -0.2) is 0 Å². The van der Waals surface area contributed by atoms with E-state index in [9.17, 15) is 9.59 Å². The highest BCUT2D eigenvalue weighted by atomic mass is 16.4. The number of carbonyl (C=O) groups is 2. The maximum atomic E-state index is 11.8. The van der Waals surface area contributed by atoms with E-state index < -0.39 is 5.97 Å². The largest absolute Gasteiger partial charge is 0.480 e. The summed E-state index contributed by atoms with van der Waals surface area (Å²) in [4.78, 5) is 24.0. The number of rotatable bonds is 7. The fourth-order valence-corrected chi connectivity index (χ4v) is 1.79. The van der Waals surface area contributed by atoms with Gasteiger partial charge in [0.15, 0.2) is 0 Å². The van der Waals surface area contributed by atoms with Crippen LogP contribution in [0.4, 0.5) is 0 Å². The van der Waals surface area contributed by atoms with E-state index in [-0.39, 0.29) is 25.0 Å². The lowest BCUT2D eigenvalue weighted by molar-refractivity contribution is -0.138. The molecule has 0 spiro atoms. The number of aliphatic carboxylic acids is 1. The molecule has 0 aromatic heterocycles. The minimum atomic E-state index is -0.925. The van der Waals surface area contributed by atoms with Crippen molar-refractivity contribution in [2.24, 2.45) is 0 Å². The molecule has 1 amide bonds. The van der Waals surface area contributed by atoms with E-state index in [1.165, 1.54) is 0 Å². The van der Waals surface area contributed by atoms with Crippen molar-refractivity contribution < 1.29 is 14.7 Å². The van der Waals surface area contributed by atoms with Gasteiger partial charge < -0.3 is 10.4 Å². The molecule has 0 heterocycles. The summed E-state index contributed by atoms with van der Waals surface area (Å²) in [5.41, 5.74) is 1.03. The molecule has 0 fully saturated rings. The molecule has 0 saturated carbocycles. The number of benzene rings is 1. The smallest absolute Gasteiger partial charge is 0.317 e. The maximum absolute atomic E-state index is 11.8. The van der Waals surface area contributed by atoms with E-state index in [0.29, 0.717) is 6.54 Å². The molecular formula is C14H20N2O3. The Hall–Kier alpha value is -1.88. The van der Waals surface area contributed by atoms with E-state index in [1.807, 2.05) is 44.2 Å². The number of carboxylic acids is 1. The van der Waals surface area contributed by atoms with E-state index in [4.69, 9.17) is 5.11 Å². The first-order valence-electron chi connectivity index (χ1n) is 6.31. The molecule has 0 bridgehead atoms. The van der Waals surface area contributed by atoms with Crippen molar-refractivity contribution in [3.63, 3.8) is 0 Å². The van der Waals surface area contributed by atoms with Crippen LogP contribution in [0, 0.1) is 0 Å². The molecule has 0 radical (unpaired) electrons. The molecule has 5 heteroatoms. The molecule has 0 aliphatic carbocycles. The average molecular weight is 264 g/mol. The van der Waals surface area contributed by atoms with Crippen LogP contribution in [0.15, 0.2) is 30.3 Å². The Bertz CT molecular complexity index is 420. The van der Waals surface area contributed by atoms with Crippen LogP contribution in [0.1, 0.15) is 25.5 Å². The number of nitrogens with one attached hydrogen (secondary N) is 1. The van der Waals surface area contributed by atoms with Gasteiger partial charge in [-0.1, -0.05) is 37.3 Å². The second-order valence-corrected chi connectivity index (χ2v) is 4.40. The number of hydrogen-bond donors (Lipinski definition) is 2. The Balaban J connectivity index is 2.48. The van der Waals surface area contributed by atoms with Gasteiger partial charge in [0.1, 0.15) is 0 Å². The molecule has 0 saturated heterocycles. The van der Waals surface area contributed by atoms with E-state index in [0.717, 1.165) is 5.56 Å². The SMILES string of the molecule is CCN(CC(=O)O)CC(=O)NC(C)c1ccccc1. The first-order valence-corrected chi connectivity index (χ1v) is 6.31. The van der Waals surface area contributed by atoms with Crippen LogP contribution in [-0.2, 0) is 9.59 Å². The summed E-state index contributed by atoms with van der Waals surface area (Å²) in [6.07, 6.45) is 0. The summed E-state index contributed by atoms with van der Waals surface area (Å²) in [5.74, 6) is -1.09. The summed E-state index contributed by atoms with van der Waals surface area (Å²) in [7, 11) is 0. The fourth-order valence-electron chi connectivity index (χ4n) is 1.79. The van der Waals surface area contributed by atoms with Crippen LogP contribution in [0.5, 0.6) is 0 Å². The molecule has 0 aliphatic rings. The van der Waals surface area contributed by atoms with Gasteiger partial charge in [0.2, 0.25) is 5.91 Å². The molecule has 1 unspecified atom stereocenters. The van der Waals surface area contributed by atoms with Crippen LogP contribution < -0.4 is 5.32 Å². The van der Waals surface area contributed by atoms with Gasteiger partial charge in [0, 0.05) is 0 Å². The Morgan fingerprint density at radius 2 is 1.89 bits per heavy atom. The summed E-state index contributed by atoms with van der Waals surface area (Å²) in [5, 5.41) is 11.6. The Morgan fingerprint density at radius 1 is 1.26 bits per heavy atom. The standard InChI is InChI=1S/C14H20N2O3/c1-3-16(10-14(18)19)9-13(17)15-11(2)12-7-5-4-6-8-12/h4-8,11H,3,9-10H2,1-2H3,(H,15,17)(H,18,19). The highest BCUT2D eigenvalue weighted by Crippen LogP contribution is 2.10. The Kier molecular flexibility index (Phi) is 6.02. The van der Waals surface area contributed by atoms with Crippen molar-refractivity contribution in [3.8, 4) is 0 Å². The van der Waals surface area contributed by atoms with Crippen LogP contribution in [0.3, 0.4) is 0 Å². The quantitative estimate of drug-likeness (QED) is 0.778. The van der Waals surface area contributed by atoms with E-state index >= 15 is 0 Å². The van der Waals surface area contributed by atoms with Gasteiger partial charge in [-0.15, -0.1) is 0 Å². The first kappa shape index (κ1) is 15.2. The zero-order chi connectivity index (χ0) is 14.3. The second kappa shape index (κ2) is 7.53. The lowest BCUT2D eigenvalue weighted by Gasteiger charge is -2.20. The average Bonchev–Trinajstić information content (AvgIpc) is 2.38. The van der Waals surface area contributed by atoms with Gasteiger partial charge in [-0.05, 0) is 19.0 Å². The molecule has 1 aromatic rings. The molecule has 19 heavy (non-hydrogen) atoms. The molecular weight excluding hydrogens is 244 g/mol. The van der Waals surface area contributed by atoms with Gasteiger partial charge in [-0.3, -0.25) is 14.5 Å². The zero-order valence-corrected chi connectivity index (χ0v) is 11.3. The first-order chi connectivity index (χ1) is 9.02. The molecule has 0 aliphatic heterocycles. The van der Waals surface area contributed by atoms with Crippen molar-refractivity contribution in [1.29, 1.82) is 0 Å². The number of hydrogen-bond acceptors (Lipinski definition) is 3. The summed E-state index contributed by atoms with van der Waals surface area (Å²) in [6.45, 7) is 4.24. The third-order valence-corrected chi connectivity index (χ3v) is 2.85. The Morgan fingerprint density at radius 3 is 2.42 bits per heavy atom. The number of amides is 1. The summed E-state index contributed by atoms with van der Waals surface area (Å²) in [6, 6.07) is 9.56. The molecule has 1 rings (SSSR count). The van der Waals surface area contributed by atoms with Gasteiger partial charge >= 0.3 is 5.97 Å². The van der Waals surface area contributed by atoms with Crippen LogP contribution in [0.25, 0.3) is 0 Å². The molecule has 5 nitrogen and oxygen atoms in total. The minimum absolute atomic E-state index is 0.0859. The summed E-state index contributed by atoms with van der Waals surface area (Å²) < 4.78 is 0. The molecule has 1 aromatic carbocycles. The van der Waals surface area contributed by atoms with Crippen molar-refractivity contribution in [1.82, 2.24) is 10.2 Å². The number of carbonyl (C=O) groups excluding carboxylic acids is 1. The predicted octanol–water partition coefficient (Wildman–Crippen LogP) is 1.27. The fraction of sp³-hybridized carbons (Fsp3) is 0.429. The zero-order valence-electron chi connectivity index (χ0n) is 11.3. The van der Waals surface area contributed by atoms with Crippen LogP contribution in [0.2, 0.25) is 0 Å². The van der Waals surface area contributed by atoms with Gasteiger partial charge in [-0.2, -0.15) is 0 Å². The van der Waals surface area contributed by atoms with E-state index in [1.54, 1.807) is 4.90 Å². The highest BCUT2D eigenvalue weighted by Gasteiger charge is 2.14. The third kappa shape index (κ3) is 5.52. The van der Waals surface area contributed by atoms with Crippen LogP contribution in [-0.4, -0.2) is 41.5 Å². The lowest BCUT2D eigenvalue weighted by atomic mass is 10.1. The van der Waals surface area contributed by atoms with Gasteiger partial charge in [0.25, 0.3) is 0 Å². The van der Waals surface area contributed by atoms with Crippen LogP contribution >= 0.6 is 0 Å². The third-order valence-electron chi connectivity index (χ3n) is 2.85. The van der Waals surface area contributed by atoms with Crippen molar-refractivity contribution in [2.75, 3.05) is 19.6 Å². The van der Waals surface area contributed by atoms with Crippen molar-refractivity contribution in [3.05, 3.63) is 35.9 Å². The van der Waals surface area contributed by atoms with E-state index in [2.05, 4.69) is 5.32 Å². The Labute approximate surface area is 113 Å². The minimum Gasteiger partial charge on any atom is -0.480 e. The molecule has 104 valence electrons. The topological polar surface area (TPSA) is 69.6 Å². The maximum Gasteiger partial charge on any atom is 0.317 e. The number of likely N-dealkylation sites (N-methyl/N-ethyl adjacent to an activating group) is 1. The highest BCUT2D eigenvalue weighted by molar-refractivity contribution is 5.79. The predicted molar refractivity (Wildman–Crippen MR) is 72.7 cm³/mol.